The fourth-order valence-electron chi connectivity index (χ4n) is 3.05. The molecular formula is C14H21ClN2O2S. The van der Waals surface area contributed by atoms with E-state index in [9.17, 15) is 8.42 Å². The third-order valence-electron chi connectivity index (χ3n) is 4.11. The number of nitrogens with one attached hydrogen (secondary N) is 1. The first kappa shape index (κ1) is 15.8. The number of fused-ring (bicyclic) bond motifs is 2. The number of aryl methyl sites for hydroxylation is 1. The highest BCUT2D eigenvalue weighted by atomic mass is 35.5. The highest BCUT2D eigenvalue weighted by Crippen LogP contribution is 2.25. The van der Waals surface area contributed by atoms with Crippen molar-refractivity contribution in [2.45, 2.75) is 43.2 Å². The summed E-state index contributed by atoms with van der Waals surface area (Å²) in [5.74, 6) is 0. The van der Waals surface area contributed by atoms with Crippen LogP contribution in [-0.2, 0) is 10.0 Å². The van der Waals surface area contributed by atoms with E-state index >= 15 is 0 Å². The van der Waals surface area contributed by atoms with E-state index in [1.807, 2.05) is 19.1 Å². The number of nitrogens with zero attached hydrogens (tertiary/aromatic N) is 1. The molecule has 0 aromatic heterocycles. The highest BCUT2D eigenvalue weighted by molar-refractivity contribution is 7.89. The maximum absolute atomic E-state index is 12.7. The summed E-state index contributed by atoms with van der Waals surface area (Å²) in [6.45, 7) is 3.15. The summed E-state index contributed by atoms with van der Waals surface area (Å²) in [6.07, 6.45) is 3.19. The predicted octanol–water partition coefficient (Wildman–Crippen LogP) is 1.93. The molecule has 4 nitrogen and oxygen atoms in total. The zero-order valence-corrected chi connectivity index (χ0v) is 13.2. The normalized spacial score (nSPS) is 26.9. The van der Waals surface area contributed by atoms with Crippen molar-refractivity contribution in [3.05, 3.63) is 29.8 Å². The molecule has 2 aliphatic heterocycles. The number of hydrogen-bond acceptors (Lipinski definition) is 3. The van der Waals surface area contributed by atoms with E-state index < -0.39 is 10.0 Å². The van der Waals surface area contributed by atoms with Crippen molar-refractivity contribution in [2.75, 3.05) is 13.1 Å². The minimum Gasteiger partial charge on any atom is -0.310 e. The van der Waals surface area contributed by atoms with Gasteiger partial charge in [-0.15, -0.1) is 12.4 Å². The van der Waals surface area contributed by atoms with Crippen LogP contribution in [0.5, 0.6) is 0 Å². The Hall–Kier alpha value is -0.620. The lowest BCUT2D eigenvalue weighted by molar-refractivity contribution is 0.383. The van der Waals surface area contributed by atoms with Gasteiger partial charge in [-0.2, -0.15) is 4.31 Å². The van der Waals surface area contributed by atoms with Gasteiger partial charge in [0, 0.05) is 25.2 Å². The molecule has 2 bridgehead atoms. The number of benzene rings is 1. The minimum absolute atomic E-state index is 0. The summed E-state index contributed by atoms with van der Waals surface area (Å²) in [4.78, 5) is 0.422. The van der Waals surface area contributed by atoms with E-state index in [0.717, 1.165) is 18.4 Å². The monoisotopic (exact) mass is 316 g/mol. The van der Waals surface area contributed by atoms with Crippen LogP contribution in [0.2, 0.25) is 0 Å². The molecular weight excluding hydrogens is 296 g/mol. The van der Waals surface area contributed by atoms with Gasteiger partial charge in [0.1, 0.15) is 0 Å². The molecule has 2 fully saturated rings. The Morgan fingerprint density at radius 2 is 1.95 bits per heavy atom. The Bertz CT molecular complexity index is 576. The van der Waals surface area contributed by atoms with Crippen molar-refractivity contribution in [1.29, 1.82) is 0 Å². The number of halogens is 1. The molecule has 0 spiro atoms. The molecule has 2 aliphatic rings. The van der Waals surface area contributed by atoms with Gasteiger partial charge in [-0.3, -0.25) is 0 Å². The third kappa shape index (κ3) is 3.01. The summed E-state index contributed by atoms with van der Waals surface area (Å²) >= 11 is 0. The summed E-state index contributed by atoms with van der Waals surface area (Å²) < 4.78 is 27.0. The molecule has 1 aromatic rings. The second-order valence-corrected chi connectivity index (χ2v) is 7.54. The van der Waals surface area contributed by atoms with Crippen LogP contribution in [0.25, 0.3) is 0 Å². The molecule has 1 aromatic carbocycles. The zero-order chi connectivity index (χ0) is 13.5. The van der Waals surface area contributed by atoms with Crippen molar-refractivity contribution >= 4 is 22.4 Å². The molecule has 0 saturated carbocycles. The summed E-state index contributed by atoms with van der Waals surface area (Å²) in [6, 6.07) is 8.01. The Labute approximate surface area is 127 Å². The first-order valence-electron chi connectivity index (χ1n) is 6.88. The maximum Gasteiger partial charge on any atom is 0.243 e. The number of sulfonamides is 1. The summed E-state index contributed by atoms with van der Waals surface area (Å²) in [5.41, 5.74) is 0.982. The van der Waals surface area contributed by atoms with Gasteiger partial charge in [0.15, 0.2) is 0 Å². The maximum atomic E-state index is 12.7. The van der Waals surface area contributed by atoms with Gasteiger partial charge < -0.3 is 5.32 Å². The Morgan fingerprint density at radius 3 is 2.70 bits per heavy atom. The molecule has 2 heterocycles. The van der Waals surface area contributed by atoms with Crippen molar-refractivity contribution in [2.24, 2.45) is 0 Å². The fraction of sp³-hybridized carbons (Fsp3) is 0.571. The summed E-state index contributed by atoms with van der Waals surface area (Å²) in [7, 11) is -3.34. The number of rotatable bonds is 2. The van der Waals surface area contributed by atoms with Gasteiger partial charge in [0.25, 0.3) is 0 Å². The molecule has 0 amide bonds. The van der Waals surface area contributed by atoms with Crippen LogP contribution in [-0.4, -0.2) is 37.9 Å². The van der Waals surface area contributed by atoms with Crippen LogP contribution in [0, 0.1) is 6.92 Å². The minimum atomic E-state index is -3.34. The van der Waals surface area contributed by atoms with Crippen LogP contribution in [0.3, 0.4) is 0 Å². The quantitative estimate of drug-likeness (QED) is 0.907. The molecule has 2 saturated heterocycles. The van der Waals surface area contributed by atoms with E-state index in [4.69, 9.17) is 0 Å². The lowest BCUT2D eigenvalue weighted by atomic mass is 10.1. The molecule has 20 heavy (non-hydrogen) atoms. The lowest BCUT2D eigenvalue weighted by Crippen LogP contribution is -2.39. The molecule has 112 valence electrons. The molecule has 0 aliphatic carbocycles. The highest BCUT2D eigenvalue weighted by Gasteiger charge is 2.34. The van der Waals surface area contributed by atoms with Crippen LogP contribution in [0.4, 0.5) is 0 Å². The third-order valence-corrected chi connectivity index (χ3v) is 5.97. The molecule has 6 heteroatoms. The largest absolute Gasteiger partial charge is 0.310 e. The van der Waals surface area contributed by atoms with E-state index in [-0.39, 0.29) is 12.4 Å². The van der Waals surface area contributed by atoms with Crippen LogP contribution < -0.4 is 5.32 Å². The fourth-order valence-corrected chi connectivity index (χ4v) is 4.66. The second kappa shape index (κ2) is 6.02. The van der Waals surface area contributed by atoms with Gasteiger partial charge in [-0.25, -0.2) is 8.42 Å². The summed E-state index contributed by atoms with van der Waals surface area (Å²) in [5, 5.41) is 3.51. The molecule has 2 unspecified atom stereocenters. The van der Waals surface area contributed by atoms with Crippen molar-refractivity contribution in [3.8, 4) is 0 Å². The number of hydrogen-bond donors (Lipinski definition) is 1. The van der Waals surface area contributed by atoms with Gasteiger partial charge in [-0.05, 0) is 43.9 Å². The van der Waals surface area contributed by atoms with Crippen molar-refractivity contribution in [1.82, 2.24) is 9.62 Å². The van der Waals surface area contributed by atoms with E-state index in [2.05, 4.69) is 5.32 Å². The molecule has 3 rings (SSSR count). The second-order valence-electron chi connectivity index (χ2n) is 5.61. The van der Waals surface area contributed by atoms with E-state index in [0.29, 0.717) is 30.1 Å². The predicted molar refractivity (Wildman–Crippen MR) is 81.7 cm³/mol. The van der Waals surface area contributed by atoms with Gasteiger partial charge in [-0.1, -0.05) is 12.1 Å². The first-order chi connectivity index (χ1) is 9.05. The zero-order valence-electron chi connectivity index (χ0n) is 11.6. The smallest absolute Gasteiger partial charge is 0.243 e. The SMILES string of the molecule is Cc1cccc(S(=O)(=O)N2CCC3CCC(C2)N3)c1.Cl. The standard InChI is InChI=1S/C14H20N2O2S.ClH/c1-11-3-2-4-14(9-11)19(17,18)16-8-7-12-5-6-13(10-16)15-12;/h2-4,9,12-13,15H,5-8,10H2,1H3;1H. The Balaban J connectivity index is 0.00000147. The van der Waals surface area contributed by atoms with E-state index in [1.165, 1.54) is 6.42 Å². The van der Waals surface area contributed by atoms with Gasteiger partial charge in [0.05, 0.1) is 4.90 Å². The first-order valence-corrected chi connectivity index (χ1v) is 8.32. The van der Waals surface area contributed by atoms with Crippen molar-refractivity contribution < 1.29 is 8.42 Å². The van der Waals surface area contributed by atoms with Gasteiger partial charge >= 0.3 is 0 Å². The van der Waals surface area contributed by atoms with Crippen molar-refractivity contribution in [3.63, 3.8) is 0 Å². The van der Waals surface area contributed by atoms with Crippen LogP contribution in [0.1, 0.15) is 24.8 Å². The average Bonchev–Trinajstić information content (AvgIpc) is 2.68. The van der Waals surface area contributed by atoms with Gasteiger partial charge in [0.2, 0.25) is 10.0 Å². The van der Waals surface area contributed by atoms with Crippen LogP contribution >= 0.6 is 12.4 Å². The van der Waals surface area contributed by atoms with Crippen LogP contribution in [0.15, 0.2) is 29.2 Å². The Kier molecular flexibility index (Phi) is 4.74. The lowest BCUT2D eigenvalue weighted by Gasteiger charge is -2.23. The molecule has 0 radical (unpaired) electrons. The van der Waals surface area contributed by atoms with E-state index in [1.54, 1.807) is 16.4 Å². The Morgan fingerprint density at radius 1 is 1.20 bits per heavy atom. The topological polar surface area (TPSA) is 49.4 Å². The molecule has 2 atom stereocenters. The average molecular weight is 317 g/mol. The molecule has 1 N–H and O–H groups in total.